The molecule has 0 radical (unpaired) electrons. The van der Waals surface area contributed by atoms with Crippen LogP contribution in [0.1, 0.15) is 48.6 Å². The van der Waals surface area contributed by atoms with E-state index in [1.165, 1.54) is 0 Å². The van der Waals surface area contributed by atoms with E-state index in [1.54, 1.807) is 0 Å². The van der Waals surface area contributed by atoms with Crippen LogP contribution in [-0.4, -0.2) is 16.7 Å². The molecule has 2 N–H and O–H groups in total. The van der Waals surface area contributed by atoms with Crippen molar-refractivity contribution in [2.75, 3.05) is 5.32 Å². The third-order valence-electron chi connectivity index (χ3n) is 6.22. The van der Waals surface area contributed by atoms with Gasteiger partial charge in [-0.25, -0.2) is 0 Å². The summed E-state index contributed by atoms with van der Waals surface area (Å²) >= 11 is 4.47. The minimum Gasteiger partial charge on any atom is -0.459 e. The predicted octanol–water partition coefficient (Wildman–Crippen LogP) is 7.03. The minimum absolute atomic E-state index is 0.0503. The average molecular weight is 512 g/mol. The molecule has 4 rings (SSSR count). The summed E-state index contributed by atoms with van der Waals surface area (Å²) in [7, 11) is 0. The molecule has 0 heterocycles. The lowest BCUT2D eigenvalue weighted by Crippen LogP contribution is -2.43. The third kappa shape index (κ3) is 5.74. The van der Waals surface area contributed by atoms with Crippen molar-refractivity contribution in [3.05, 3.63) is 131 Å². The molecule has 5 heteroatoms. The summed E-state index contributed by atoms with van der Waals surface area (Å²) in [6.45, 7) is 5.61. The molecule has 0 unspecified atom stereocenters. The number of carbonyl (C=O) groups excluding carboxylic acids is 1. The van der Waals surface area contributed by atoms with E-state index < -0.39 is 11.0 Å². The quantitative estimate of drug-likeness (QED) is 0.135. The van der Waals surface area contributed by atoms with E-state index in [0.29, 0.717) is 5.75 Å². The fourth-order valence-corrected chi connectivity index (χ4v) is 4.82. The van der Waals surface area contributed by atoms with Crippen molar-refractivity contribution < 1.29 is 14.6 Å². The number of esters is 1. The molecular formula is C32H33NO3S. The molecule has 37 heavy (non-hydrogen) atoms. The second kappa shape index (κ2) is 11.2. The Morgan fingerprint density at radius 1 is 0.811 bits per heavy atom. The number of aliphatic hydroxyl groups is 1. The third-order valence-corrected chi connectivity index (χ3v) is 6.56. The van der Waals surface area contributed by atoms with Gasteiger partial charge in [0.1, 0.15) is 11.0 Å². The van der Waals surface area contributed by atoms with Gasteiger partial charge in [-0.1, -0.05) is 84.9 Å². The lowest BCUT2D eigenvalue weighted by atomic mass is 9.69. The highest BCUT2D eigenvalue weighted by atomic mass is 32.1. The molecule has 0 atom stereocenters. The van der Waals surface area contributed by atoms with Crippen LogP contribution < -0.4 is 5.32 Å². The Kier molecular flexibility index (Phi) is 8.06. The van der Waals surface area contributed by atoms with Crippen LogP contribution in [0.2, 0.25) is 0 Å². The van der Waals surface area contributed by atoms with Gasteiger partial charge in [-0.15, -0.1) is 0 Å². The van der Waals surface area contributed by atoms with Crippen LogP contribution in [0.4, 0.5) is 11.4 Å². The summed E-state index contributed by atoms with van der Waals surface area (Å²) in [5, 5.41) is 13.1. The first-order valence-corrected chi connectivity index (χ1v) is 13.0. The van der Waals surface area contributed by atoms with E-state index in [1.807, 2.05) is 124 Å². The molecule has 0 aliphatic rings. The topological polar surface area (TPSA) is 58.6 Å². The van der Waals surface area contributed by atoms with Gasteiger partial charge in [-0.3, -0.25) is 4.79 Å². The standard InChI is InChI=1S/C32H33NO3S/c1-31(2,3)36-30(35)32(25-11-6-4-7-12-25,26-13-8-5-9-14-26)27-15-10-16-28(20-27)33-29-19-23(21-34)17-18-24(29)22-37/h4-20,33-34,37H,21-22H2,1-3H3. The summed E-state index contributed by atoms with van der Waals surface area (Å²) in [6, 6.07) is 33.2. The molecule has 0 fully saturated rings. The summed E-state index contributed by atoms with van der Waals surface area (Å²) in [4.78, 5) is 14.3. The predicted molar refractivity (Wildman–Crippen MR) is 153 cm³/mol. The van der Waals surface area contributed by atoms with Gasteiger partial charge in [-0.2, -0.15) is 12.6 Å². The van der Waals surface area contributed by atoms with Crippen molar-refractivity contribution in [2.24, 2.45) is 0 Å². The highest BCUT2D eigenvalue weighted by Crippen LogP contribution is 2.42. The molecule has 4 aromatic rings. The molecular weight excluding hydrogens is 478 g/mol. The van der Waals surface area contributed by atoms with Gasteiger partial charge in [0.05, 0.1) is 6.61 Å². The minimum atomic E-state index is -1.19. The molecule has 0 saturated heterocycles. The van der Waals surface area contributed by atoms with E-state index in [0.717, 1.165) is 39.2 Å². The Hall–Kier alpha value is -3.54. The van der Waals surface area contributed by atoms with Crippen LogP contribution in [0.15, 0.2) is 103 Å². The lowest BCUT2D eigenvalue weighted by Gasteiger charge is -2.36. The highest BCUT2D eigenvalue weighted by Gasteiger charge is 2.46. The molecule has 0 aromatic heterocycles. The van der Waals surface area contributed by atoms with E-state index in [2.05, 4.69) is 17.9 Å². The number of rotatable bonds is 8. The summed E-state index contributed by atoms with van der Waals surface area (Å²) in [5.41, 5.74) is 4.07. The number of aliphatic hydroxyl groups excluding tert-OH is 1. The molecule has 4 nitrogen and oxygen atoms in total. The number of hydrogen-bond donors (Lipinski definition) is 3. The van der Waals surface area contributed by atoms with Gasteiger partial charge in [0.2, 0.25) is 0 Å². The number of hydrogen-bond acceptors (Lipinski definition) is 5. The Bertz CT molecular complexity index is 1310. The fraction of sp³-hybridized carbons (Fsp3) is 0.219. The first kappa shape index (κ1) is 26.5. The fourth-order valence-electron chi connectivity index (χ4n) is 4.55. The van der Waals surface area contributed by atoms with Crippen molar-refractivity contribution in [2.45, 2.75) is 44.1 Å². The van der Waals surface area contributed by atoms with E-state index in [4.69, 9.17) is 4.74 Å². The zero-order valence-electron chi connectivity index (χ0n) is 21.4. The van der Waals surface area contributed by atoms with Gasteiger partial charge < -0.3 is 15.2 Å². The Labute approximate surface area is 224 Å². The van der Waals surface area contributed by atoms with Crippen LogP contribution >= 0.6 is 12.6 Å². The average Bonchev–Trinajstić information content (AvgIpc) is 2.89. The molecule has 0 spiro atoms. The molecule has 4 aromatic carbocycles. The van der Waals surface area contributed by atoms with Crippen molar-refractivity contribution in [1.82, 2.24) is 0 Å². The van der Waals surface area contributed by atoms with Crippen molar-refractivity contribution >= 4 is 30.0 Å². The Morgan fingerprint density at radius 3 is 1.95 bits per heavy atom. The molecule has 0 saturated carbocycles. The maximum Gasteiger partial charge on any atom is 0.326 e. The first-order chi connectivity index (χ1) is 17.8. The normalized spacial score (nSPS) is 11.7. The van der Waals surface area contributed by atoms with Crippen molar-refractivity contribution in [3.8, 4) is 0 Å². The molecule has 0 aliphatic heterocycles. The maximum absolute atomic E-state index is 14.3. The van der Waals surface area contributed by atoms with Gasteiger partial charge in [0, 0.05) is 17.1 Å². The van der Waals surface area contributed by atoms with Gasteiger partial charge >= 0.3 is 5.97 Å². The Morgan fingerprint density at radius 2 is 1.41 bits per heavy atom. The van der Waals surface area contributed by atoms with Crippen molar-refractivity contribution in [3.63, 3.8) is 0 Å². The van der Waals surface area contributed by atoms with E-state index >= 15 is 0 Å². The second-order valence-electron chi connectivity index (χ2n) is 10.00. The summed E-state index contributed by atoms with van der Waals surface area (Å²) in [5.74, 6) is 0.205. The molecule has 0 amide bonds. The van der Waals surface area contributed by atoms with E-state index in [9.17, 15) is 9.90 Å². The van der Waals surface area contributed by atoms with Crippen LogP contribution in [0.5, 0.6) is 0 Å². The Balaban J connectivity index is 1.92. The van der Waals surface area contributed by atoms with Crippen LogP contribution in [0, 0.1) is 0 Å². The maximum atomic E-state index is 14.3. The largest absolute Gasteiger partial charge is 0.459 e. The zero-order valence-corrected chi connectivity index (χ0v) is 22.3. The molecule has 0 bridgehead atoms. The van der Waals surface area contributed by atoms with E-state index in [-0.39, 0.29) is 12.6 Å². The van der Waals surface area contributed by atoms with Gasteiger partial charge in [-0.05, 0) is 66.8 Å². The number of benzene rings is 4. The summed E-state index contributed by atoms with van der Waals surface area (Å²) in [6.07, 6.45) is 0. The number of thiol groups is 1. The highest BCUT2D eigenvalue weighted by molar-refractivity contribution is 7.79. The number of carbonyl (C=O) groups is 1. The van der Waals surface area contributed by atoms with Crippen molar-refractivity contribution in [1.29, 1.82) is 0 Å². The number of ether oxygens (including phenoxy) is 1. The number of anilines is 2. The lowest BCUT2D eigenvalue weighted by molar-refractivity contribution is -0.158. The van der Waals surface area contributed by atoms with Crippen LogP contribution in [-0.2, 0) is 27.3 Å². The monoisotopic (exact) mass is 511 g/mol. The SMILES string of the molecule is CC(C)(C)OC(=O)C(c1ccccc1)(c1ccccc1)c1cccc(Nc2cc(CO)ccc2CS)c1. The second-order valence-corrected chi connectivity index (χ2v) is 10.3. The van der Waals surface area contributed by atoms with Crippen LogP contribution in [0.25, 0.3) is 0 Å². The van der Waals surface area contributed by atoms with Gasteiger partial charge in [0.15, 0.2) is 0 Å². The van der Waals surface area contributed by atoms with Gasteiger partial charge in [0.25, 0.3) is 0 Å². The zero-order chi connectivity index (χ0) is 26.5. The van der Waals surface area contributed by atoms with Crippen LogP contribution in [0.3, 0.4) is 0 Å². The molecule has 190 valence electrons. The number of nitrogens with one attached hydrogen (secondary N) is 1. The summed E-state index contributed by atoms with van der Waals surface area (Å²) < 4.78 is 6.09. The molecule has 0 aliphatic carbocycles. The first-order valence-electron chi connectivity index (χ1n) is 12.3. The smallest absolute Gasteiger partial charge is 0.326 e.